The fourth-order valence-corrected chi connectivity index (χ4v) is 2.83. The third-order valence-electron chi connectivity index (χ3n) is 4.33. The molecule has 22 heavy (non-hydrogen) atoms. The van der Waals surface area contributed by atoms with E-state index >= 15 is 0 Å². The van der Waals surface area contributed by atoms with Crippen molar-refractivity contribution in [2.45, 2.75) is 38.3 Å². The molecule has 0 saturated carbocycles. The first kappa shape index (κ1) is 17.2. The van der Waals surface area contributed by atoms with E-state index in [2.05, 4.69) is 10.2 Å². The Hall–Kier alpha value is -1.17. The molecule has 1 atom stereocenters. The van der Waals surface area contributed by atoms with Gasteiger partial charge in [0.25, 0.3) is 0 Å². The molecule has 0 amide bonds. The van der Waals surface area contributed by atoms with Crippen LogP contribution in [-0.2, 0) is 0 Å². The predicted molar refractivity (Wildman–Crippen MR) is 85.7 cm³/mol. The Bertz CT molecular complexity index is 462. The van der Waals surface area contributed by atoms with Crippen LogP contribution in [0.1, 0.15) is 37.8 Å². The summed E-state index contributed by atoms with van der Waals surface area (Å²) in [5.74, 6) is -0.0382. The lowest BCUT2D eigenvalue weighted by molar-refractivity contribution is 0.0820. The topological polar surface area (TPSA) is 44.7 Å². The van der Waals surface area contributed by atoms with Gasteiger partial charge in [-0.1, -0.05) is 6.07 Å². The van der Waals surface area contributed by atoms with Crippen LogP contribution in [0.3, 0.4) is 0 Å². The van der Waals surface area contributed by atoms with Gasteiger partial charge in [0, 0.05) is 19.1 Å². The zero-order valence-corrected chi connectivity index (χ0v) is 13.5. The largest absolute Gasteiger partial charge is 0.494 e. The van der Waals surface area contributed by atoms with Gasteiger partial charge in [-0.3, -0.25) is 0 Å². The number of aliphatic hydroxyl groups excluding tert-OH is 1. The molecular weight excluding hydrogens is 283 g/mol. The molecule has 2 rings (SSSR count). The van der Waals surface area contributed by atoms with Crippen LogP contribution in [0.2, 0.25) is 0 Å². The van der Waals surface area contributed by atoms with E-state index in [0.29, 0.717) is 0 Å². The monoisotopic (exact) mass is 310 g/mol. The number of rotatable bonds is 7. The SMILES string of the molecule is COc1ccc(C(C)NCCCN2CCC(O)CC2)cc1F. The van der Waals surface area contributed by atoms with Crippen LogP contribution in [0.5, 0.6) is 5.75 Å². The lowest BCUT2D eigenvalue weighted by atomic mass is 10.1. The zero-order valence-electron chi connectivity index (χ0n) is 13.5. The van der Waals surface area contributed by atoms with Gasteiger partial charge < -0.3 is 20.1 Å². The lowest BCUT2D eigenvalue weighted by Crippen LogP contribution is -2.37. The van der Waals surface area contributed by atoms with Gasteiger partial charge in [0.05, 0.1) is 13.2 Å². The Morgan fingerprint density at radius 2 is 2.14 bits per heavy atom. The molecule has 0 bridgehead atoms. The van der Waals surface area contributed by atoms with Crippen LogP contribution in [0.25, 0.3) is 0 Å². The zero-order chi connectivity index (χ0) is 15.9. The average Bonchev–Trinajstić information content (AvgIpc) is 2.53. The molecule has 1 saturated heterocycles. The molecule has 1 aromatic carbocycles. The molecule has 0 spiro atoms. The number of piperidine rings is 1. The van der Waals surface area contributed by atoms with Crippen LogP contribution in [-0.4, -0.2) is 49.4 Å². The quantitative estimate of drug-likeness (QED) is 0.759. The van der Waals surface area contributed by atoms with Crippen molar-refractivity contribution in [1.29, 1.82) is 0 Å². The molecule has 2 N–H and O–H groups in total. The number of nitrogens with zero attached hydrogens (tertiary/aromatic N) is 1. The molecule has 1 aliphatic rings. The number of hydrogen-bond acceptors (Lipinski definition) is 4. The molecule has 1 heterocycles. The first-order valence-corrected chi connectivity index (χ1v) is 8.07. The molecular formula is C17H27FN2O2. The standard InChI is InChI=1S/C17H27FN2O2/c1-13(14-4-5-17(22-2)16(18)12-14)19-8-3-9-20-10-6-15(21)7-11-20/h4-5,12-13,15,19,21H,3,6-11H2,1-2H3. The molecule has 1 aromatic rings. The van der Waals surface area contributed by atoms with Crippen LogP contribution in [0.15, 0.2) is 18.2 Å². The van der Waals surface area contributed by atoms with Crippen molar-refractivity contribution in [3.8, 4) is 5.75 Å². The lowest BCUT2D eigenvalue weighted by Gasteiger charge is -2.29. The third-order valence-corrected chi connectivity index (χ3v) is 4.33. The number of aliphatic hydroxyl groups is 1. The Morgan fingerprint density at radius 3 is 2.77 bits per heavy atom. The smallest absolute Gasteiger partial charge is 0.165 e. The summed E-state index contributed by atoms with van der Waals surface area (Å²) in [5, 5.41) is 12.9. The maximum atomic E-state index is 13.7. The predicted octanol–water partition coefficient (Wildman–Crippen LogP) is 2.33. The second kappa shape index (κ2) is 8.46. The molecule has 4 nitrogen and oxygen atoms in total. The van der Waals surface area contributed by atoms with Crippen molar-refractivity contribution in [1.82, 2.24) is 10.2 Å². The van der Waals surface area contributed by atoms with Gasteiger partial charge in [0.2, 0.25) is 0 Å². The third kappa shape index (κ3) is 4.93. The van der Waals surface area contributed by atoms with Gasteiger partial charge in [0.15, 0.2) is 11.6 Å². The van der Waals surface area contributed by atoms with Crippen molar-refractivity contribution in [2.75, 3.05) is 33.3 Å². The van der Waals surface area contributed by atoms with Gasteiger partial charge in [-0.2, -0.15) is 0 Å². The molecule has 1 aliphatic heterocycles. The van der Waals surface area contributed by atoms with E-state index in [1.165, 1.54) is 13.2 Å². The van der Waals surface area contributed by atoms with Gasteiger partial charge >= 0.3 is 0 Å². The van der Waals surface area contributed by atoms with Gasteiger partial charge in [0.1, 0.15) is 0 Å². The maximum absolute atomic E-state index is 13.7. The second-order valence-electron chi connectivity index (χ2n) is 6.00. The van der Waals surface area contributed by atoms with Crippen molar-refractivity contribution in [3.05, 3.63) is 29.6 Å². The van der Waals surface area contributed by atoms with E-state index in [4.69, 9.17) is 4.74 Å². The summed E-state index contributed by atoms with van der Waals surface area (Å²) >= 11 is 0. The van der Waals surface area contributed by atoms with E-state index in [1.54, 1.807) is 6.07 Å². The van der Waals surface area contributed by atoms with Crippen LogP contribution >= 0.6 is 0 Å². The number of nitrogens with one attached hydrogen (secondary N) is 1. The van der Waals surface area contributed by atoms with Gasteiger partial charge in [-0.05, 0) is 57.0 Å². The van der Waals surface area contributed by atoms with Crippen molar-refractivity contribution in [2.24, 2.45) is 0 Å². The van der Waals surface area contributed by atoms with Crippen molar-refractivity contribution in [3.63, 3.8) is 0 Å². The van der Waals surface area contributed by atoms with E-state index < -0.39 is 0 Å². The number of methoxy groups -OCH3 is 1. The van der Waals surface area contributed by atoms with Gasteiger partial charge in [-0.15, -0.1) is 0 Å². The fraction of sp³-hybridized carbons (Fsp3) is 0.647. The van der Waals surface area contributed by atoms with E-state index in [0.717, 1.165) is 51.0 Å². The summed E-state index contributed by atoms with van der Waals surface area (Å²) in [4.78, 5) is 2.39. The summed E-state index contributed by atoms with van der Waals surface area (Å²) in [6, 6.07) is 5.21. The van der Waals surface area contributed by atoms with Crippen molar-refractivity contribution < 1.29 is 14.2 Å². The Balaban J connectivity index is 1.69. The highest BCUT2D eigenvalue weighted by molar-refractivity contribution is 5.30. The molecule has 5 heteroatoms. The number of ether oxygens (including phenoxy) is 1. The van der Waals surface area contributed by atoms with Crippen molar-refractivity contribution >= 4 is 0 Å². The highest BCUT2D eigenvalue weighted by atomic mass is 19.1. The average molecular weight is 310 g/mol. The van der Waals surface area contributed by atoms with E-state index in [-0.39, 0.29) is 23.7 Å². The van der Waals surface area contributed by atoms with E-state index in [9.17, 15) is 9.50 Å². The van der Waals surface area contributed by atoms with Crippen LogP contribution < -0.4 is 10.1 Å². The highest BCUT2D eigenvalue weighted by Crippen LogP contribution is 2.21. The summed E-state index contributed by atoms with van der Waals surface area (Å²) < 4.78 is 18.6. The fourth-order valence-electron chi connectivity index (χ4n) is 2.83. The van der Waals surface area contributed by atoms with Gasteiger partial charge in [-0.25, -0.2) is 4.39 Å². The summed E-state index contributed by atoms with van der Waals surface area (Å²) in [6.45, 7) is 5.95. The number of likely N-dealkylation sites (tertiary alicyclic amines) is 1. The van der Waals surface area contributed by atoms with Crippen LogP contribution in [0.4, 0.5) is 4.39 Å². The number of benzene rings is 1. The molecule has 1 unspecified atom stereocenters. The first-order valence-electron chi connectivity index (χ1n) is 8.07. The molecule has 1 fully saturated rings. The first-order chi connectivity index (χ1) is 10.6. The highest BCUT2D eigenvalue weighted by Gasteiger charge is 2.16. The normalized spacial score (nSPS) is 18.4. The minimum absolute atomic E-state index is 0.112. The summed E-state index contributed by atoms with van der Waals surface area (Å²) in [6.07, 6.45) is 2.71. The minimum Gasteiger partial charge on any atom is -0.494 e. The summed E-state index contributed by atoms with van der Waals surface area (Å²) in [7, 11) is 1.47. The molecule has 0 aromatic heterocycles. The number of halogens is 1. The Kier molecular flexibility index (Phi) is 6.61. The minimum atomic E-state index is -0.319. The summed E-state index contributed by atoms with van der Waals surface area (Å²) in [5.41, 5.74) is 0.930. The molecule has 0 radical (unpaired) electrons. The Morgan fingerprint density at radius 1 is 1.41 bits per heavy atom. The number of hydrogen-bond donors (Lipinski definition) is 2. The Labute approximate surface area is 132 Å². The van der Waals surface area contributed by atoms with E-state index in [1.807, 2.05) is 13.0 Å². The maximum Gasteiger partial charge on any atom is 0.165 e. The second-order valence-corrected chi connectivity index (χ2v) is 6.00. The molecule has 124 valence electrons. The van der Waals surface area contributed by atoms with Crippen LogP contribution in [0, 0.1) is 5.82 Å². The molecule has 0 aliphatic carbocycles.